The van der Waals surface area contributed by atoms with Crippen molar-refractivity contribution < 1.29 is 19.2 Å². The number of carbonyl (C=O) groups is 4. The molecule has 1 saturated heterocycles. The molecule has 2 aliphatic rings. The third-order valence-electron chi connectivity index (χ3n) is 5.42. The Morgan fingerprint density at radius 1 is 1.03 bits per heavy atom. The maximum atomic E-state index is 12.5. The Morgan fingerprint density at radius 2 is 1.73 bits per heavy atom. The quantitative estimate of drug-likeness (QED) is 0.401. The number of hydrogen-bond donors (Lipinski definition) is 1. The number of urea groups is 1. The summed E-state index contributed by atoms with van der Waals surface area (Å²) in [6, 6.07) is 6.95. The van der Waals surface area contributed by atoms with Gasteiger partial charge in [-0.15, -0.1) is 0 Å². The van der Waals surface area contributed by atoms with Gasteiger partial charge in [0, 0.05) is 32.9 Å². The molecule has 0 atom stereocenters. The number of hydrogen-bond acceptors (Lipinski definition) is 5. The third-order valence-corrected chi connectivity index (χ3v) is 5.42. The predicted molar refractivity (Wildman–Crippen MR) is 113 cm³/mol. The minimum Gasteiger partial charge on any atom is -0.378 e. The van der Waals surface area contributed by atoms with E-state index in [1.54, 1.807) is 0 Å². The lowest BCUT2D eigenvalue weighted by atomic mass is 9.97. The minimum absolute atomic E-state index is 0.172. The fourth-order valence-electron chi connectivity index (χ4n) is 3.59. The van der Waals surface area contributed by atoms with Crippen molar-refractivity contribution in [2.75, 3.05) is 32.1 Å². The highest BCUT2D eigenvalue weighted by molar-refractivity contribution is 6.45. The first-order valence-electron chi connectivity index (χ1n) is 10.2. The van der Waals surface area contributed by atoms with E-state index in [-0.39, 0.29) is 13.1 Å². The second-order valence-corrected chi connectivity index (χ2v) is 7.83. The molecular formula is C22H28N4O4. The number of imide groups is 2. The zero-order chi connectivity index (χ0) is 21.7. The Morgan fingerprint density at radius 3 is 2.37 bits per heavy atom. The van der Waals surface area contributed by atoms with Crippen LogP contribution in [0.25, 0.3) is 0 Å². The molecular weight excluding hydrogens is 384 g/mol. The van der Waals surface area contributed by atoms with E-state index in [0.717, 1.165) is 46.7 Å². The molecule has 160 valence electrons. The highest BCUT2D eigenvalue weighted by atomic mass is 16.2. The number of nitrogens with zero attached hydrogens (tertiary/aromatic N) is 3. The van der Waals surface area contributed by atoms with Crippen molar-refractivity contribution in [3.05, 3.63) is 41.5 Å². The van der Waals surface area contributed by atoms with Crippen LogP contribution >= 0.6 is 0 Å². The number of carbonyl (C=O) groups excluding carboxylic acids is 4. The Bertz CT molecular complexity index is 860. The van der Waals surface area contributed by atoms with Gasteiger partial charge in [0.2, 0.25) is 5.91 Å². The number of anilines is 1. The summed E-state index contributed by atoms with van der Waals surface area (Å²) in [6.45, 7) is -0.0153. The Hall–Kier alpha value is -3.16. The number of benzene rings is 1. The zero-order valence-corrected chi connectivity index (χ0v) is 17.5. The summed E-state index contributed by atoms with van der Waals surface area (Å²) in [5, 5.41) is 2.69. The molecule has 8 heteroatoms. The van der Waals surface area contributed by atoms with Gasteiger partial charge < -0.3 is 10.2 Å². The van der Waals surface area contributed by atoms with E-state index < -0.39 is 30.3 Å². The second-order valence-electron chi connectivity index (χ2n) is 7.83. The van der Waals surface area contributed by atoms with E-state index in [1.807, 2.05) is 43.3 Å². The molecule has 0 radical (unpaired) electrons. The lowest BCUT2D eigenvalue weighted by Gasteiger charge is -2.17. The van der Waals surface area contributed by atoms with E-state index in [4.69, 9.17) is 0 Å². The zero-order valence-electron chi connectivity index (χ0n) is 17.5. The van der Waals surface area contributed by atoms with Crippen LogP contribution in [0.15, 0.2) is 35.9 Å². The molecule has 1 aromatic rings. The van der Waals surface area contributed by atoms with Crippen molar-refractivity contribution >= 4 is 29.4 Å². The standard InChI is InChI=1S/C22H28N4O4/c1-24(2)18-10-8-17(9-11-18)14-23-19(27)15-26-21(29)20(28)25(22(26)30)13-12-16-6-4-3-5-7-16/h6,8-11H,3-5,7,12-15H2,1-2H3,(H,23,27). The number of allylic oxidation sites excluding steroid dienone is 1. The normalized spacial score (nSPS) is 16.7. The molecule has 1 aliphatic carbocycles. The topological polar surface area (TPSA) is 90.0 Å². The summed E-state index contributed by atoms with van der Waals surface area (Å²) in [5.41, 5.74) is 3.15. The molecule has 1 N–H and O–H groups in total. The van der Waals surface area contributed by atoms with Gasteiger partial charge in [-0.25, -0.2) is 9.69 Å². The van der Waals surface area contributed by atoms with Gasteiger partial charge in [-0.3, -0.25) is 19.3 Å². The monoisotopic (exact) mass is 412 g/mol. The number of nitrogens with one attached hydrogen (secondary N) is 1. The summed E-state index contributed by atoms with van der Waals surface area (Å²) in [5.74, 6) is -2.29. The van der Waals surface area contributed by atoms with Crippen LogP contribution in [0.4, 0.5) is 10.5 Å². The first-order chi connectivity index (χ1) is 14.4. The van der Waals surface area contributed by atoms with E-state index >= 15 is 0 Å². The lowest BCUT2D eigenvalue weighted by molar-refractivity contribution is -0.144. The van der Waals surface area contributed by atoms with Crippen molar-refractivity contribution in [1.82, 2.24) is 15.1 Å². The van der Waals surface area contributed by atoms with Crippen LogP contribution in [-0.2, 0) is 20.9 Å². The van der Waals surface area contributed by atoms with Crippen LogP contribution in [0, 0.1) is 0 Å². The largest absolute Gasteiger partial charge is 0.378 e. The maximum Gasteiger partial charge on any atom is 0.334 e. The van der Waals surface area contributed by atoms with Crippen molar-refractivity contribution in [2.45, 2.75) is 38.6 Å². The predicted octanol–water partition coefficient (Wildman–Crippen LogP) is 2.05. The van der Waals surface area contributed by atoms with Gasteiger partial charge in [0.1, 0.15) is 6.54 Å². The summed E-state index contributed by atoms with van der Waals surface area (Å²) >= 11 is 0. The molecule has 0 spiro atoms. The fourth-order valence-corrected chi connectivity index (χ4v) is 3.59. The second kappa shape index (κ2) is 9.56. The van der Waals surface area contributed by atoms with Crippen molar-refractivity contribution in [1.29, 1.82) is 0 Å². The maximum absolute atomic E-state index is 12.5. The van der Waals surface area contributed by atoms with Gasteiger partial charge in [0.25, 0.3) is 0 Å². The Kier molecular flexibility index (Phi) is 6.87. The average Bonchev–Trinajstić information content (AvgIpc) is 2.95. The van der Waals surface area contributed by atoms with Crippen molar-refractivity contribution in [2.24, 2.45) is 0 Å². The Balaban J connectivity index is 1.51. The van der Waals surface area contributed by atoms with E-state index in [2.05, 4.69) is 11.4 Å². The van der Waals surface area contributed by atoms with Gasteiger partial charge >= 0.3 is 17.8 Å². The number of rotatable bonds is 8. The summed E-state index contributed by atoms with van der Waals surface area (Å²) in [4.78, 5) is 52.8. The van der Waals surface area contributed by atoms with Gasteiger partial charge in [-0.05, 0) is 49.8 Å². The van der Waals surface area contributed by atoms with Crippen LogP contribution in [0.1, 0.15) is 37.7 Å². The number of amides is 5. The molecule has 1 aromatic carbocycles. The van der Waals surface area contributed by atoms with Crippen LogP contribution < -0.4 is 10.2 Å². The van der Waals surface area contributed by atoms with Gasteiger partial charge in [-0.2, -0.15) is 0 Å². The molecule has 30 heavy (non-hydrogen) atoms. The summed E-state index contributed by atoms with van der Waals surface area (Å²) in [6.07, 6.45) is 6.97. The minimum atomic E-state index is -0.942. The highest BCUT2D eigenvalue weighted by Gasteiger charge is 2.44. The molecule has 0 unspecified atom stereocenters. The van der Waals surface area contributed by atoms with E-state index in [1.165, 1.54) is 5.57 Å². The smallest absolute Gasteiger partial charge is 0.334 e. The molecule has 1 heterocycles. The van der Waals surface area contributed by atoms with Gasteiger partial charge in [0.15, 0.2) is 0 Å². The molecule has 8 nitrogen and oxygen atoms in total. The van der Waals surface area contributed by atoms with Crippen LogP contribution in [0.3, 0.4) is 0 Å². The molecule has 1 aliphatic heterocycles. The van der Waals surface area contributed by atoms with Gasteiger partial charge in [-0.1, -0.05) is 23.8 Å². The first-order valence-corrected chi connectivity index (χ1v) is 10.2. The van der Waals surface area contributed by atoms with Crippen LogP contribution in [0.5, 0.6) is 0 Å². The molecule has 5 amide bonds. The lowest BCUT2D eigenvalue weighted by Crippen LogP contribution is -2.41. The third kappa shape index (κ3) is 5.06. The molecule has 0 bridgehead atoms. The molecule has 0 aromatic heterocycles. The Labute approximate surface area is 176 Å². The molecule has 1 fully saturated rings. The van der Waals surface area contributed by atoms with Gasteiger partial charge in [0.05, 0.1) is 0 Å². The summed E-state index contributed by atoms with van der Waals surface area (Å²) in [7, 11) is 3.88. The first kappa shape index (κ1) is 21.5. The van der Waals surface area contributed by atoms with E-state index in [9.17, 15) is 19.2 Å². The van der Waals surface area contributed by atoms with Crippen LogP contribution in [-0.4, -0.2) is 60.7 Å². The highest BCUT2D eigenvalue weighted by Crippen LogP contribution is 2.22. The van der Waals surface area contributed by atoms with Crippen molar-refractivity contribution in [3.8, 4) is 0 Å². The van der Waals surface area contributed by atoms with E-state index in [0.29, 0.717) is 6.42 Å². The molecule has 0 saturated carbocycles. The molecule has 3 rings (SSSR count). The van der Waals surface area contributed by atoms with Crippen molar-refractivity contribution in [3.63, 3.8) is 0 Å². The fraction of sp³-hybridized carbons (Fsp3) is 0.455. The average molecular weight is 412 g/mol. The van der Waals surface area contributed by atoms with Crippen LogP contribution in [0.2, 0.25) is 0 Å². The summed E-state index contributed by atoms with van der Waals surface area (Å²) < 4.78 is 0. The SMILES string of the molecule is CN(C)c1ccc(CNC(=O)CN2C(=O)C(=O)N(CCC3=CCCCC3)C2=O)cc1.